The molecule has 0 bridgehead atoms. The first-order valence-corrected chi connectivity index (χ1v) is 7.61. The van der Waals surface area contributed by atoms with Crippen LogP contribution in [0.15, 0.2) is 29.6 Å². The molecule has 4 heteroatoms. The lowest BCUT2D eigenvalue weighted by Gasteiger charge is -2.20. The number of benzene rings is 1. The number of halogens is 2. The third kappa shape index (κ3) is 3.35. The van der Waals surface area contributed by atoms with Crippen molar-refractivity contribution in [3.63, 3.8) is 0 Å². The summed E-state index contributed by atoms with van der Waals surface area (Å²) in [5.41, 5.74) is 1.79. The van der Waals surface area contributed by atoms with Crippen molar-refractivity contribution in [2.45, 2.75) is 26.3 Å². The van der Waals surface area contributed by atoms with Crippen LogP contribution in [0.25, 0.3) is 0 Å². The summed E-state index contributed by atoms with van der Waals surface area (Å²) in [6, 6.07) is 6.83. The van der Waals surface area contributed by atoms with Crippen LogP contribution in [0, 0.1) is 12.7 Å². The number of nitrogens with one attached hydrogen (secondary N) is 1. The van der Waals surface area contributed by atoms with Crippen LogP contribution in [0.1, 0.15) is 35.4 Å². The van der Waals surface area contributed by atoms with Crippen molar-refractivity contribution in [3.8, 4) is 0 Å². The van der Waals surface area contributed by atoms with Gasteiger partial charge in [0.2, 0.25) is 0 Å². The van der Waals surface area contributed by atoms with E-state index in [-0.39, 0.29) is 11.9 Å². The zero-order chi connectivity index (χ0) is 13.8. The summed E-state index contributed by atoms with van der Waals surface area (Å²) in [6.45, 7) is 5.01. The molecular formula is C15H17ClFNS. The summed E-state index contributed by atoms with van der Waals surface area (Å²) in [5, 5.41) is 5.88. The van der Waals surface area contributed by atoms with Crippen LogP contribution >= 0.6 is 22.9 Å². The number of rotatable bonds is 5. The first-order chi connectivity index (χ1) is 9.13. The Hall–Kier alpha value is -0.900. The van der Waals surface area contributed by atoms with Crippen molar-refractivity contribution in [2.75, 3.05) is 6.54 Å². The largest absolute Gasteiger partial charge is 0.306 e. The maximum Gasteiger partial charge on any atom is 0.129 e. The van der Waals surface area contributed by atoms with Crippen molar-refractivity contribution in [2.24, 2.45) is 0 Å². The molecule has 0 saturated carbocycles. The number of hydrogen-bond acceptors (Lipinski definition) is 2. The molecule has 0 saturated heterocycles. The van der Waals surface area contributed by atoms with Gasteiger partial charge in [-0.05, 0) is 49.0 Å². The maximum atomic E-state index is 14.1. The fourth-order valence-electron chi connectivity index (χ4n) is 2.11. The van der Waals surface area contributed by atoms with Crippen molar-refractivity contribution in [1.82, 2.24) is 5.32 Å². The second kappa shape index (κ2) is 6.51. The average molecular weight is 298 g/mol. The Balaban J connectivity index is 2.40. The molecule has 0 fully saturated rings. The van der Waals surface area contributed by atoms with Crippen molar-refractivity contribution >= 4 is 22.9 Å². The van der Waals surface area contributed by atoms with E-state index < -0.39 is 0 Å². The van der Waals surface area contributed by atoms with E-state index in [9.17, 15) is 4.39 Å². The van der Waals surface area contributed by atoms with Gasteiger partial charge < -0.3 is 5.32 Å². The third-order valence-corrected chi connectivity index (χ3v) is 4.18. The van der Waals surface area contributed by atoms with Gasteiger partial charge in [0.1, 0.15) is 5.82 Å². The molecular weight excluding hydrogens is 281 g/mol. The van der Waals surface area contributed by atoms with E-state index in [1.807, 2.05) is 5.38 Å². The van der Waals surface area contributed by atoms with E-state index >= 15 is 0 Å². The summed E-state index contributed by atoms with van der Waals surface area (Å²) >= 11 is 7.51. The summed E-state index contributed by atoms with van der Waals surface area (Å²) in [7, 11) is 0. The van der Waals surface area contributed by atoms with Gasteiger partial charge in [-0.2, -0.15) is 0 Å². The lowest BCUT2D eigenvalue weighted by molar-refractivity contribution is 0.546. The van der Waals surface area contributed by atoms with Gasteiger partial charge in [-0.1, -0.05) is 24.6 Å². The average Bonchev–Trinajstić information content (AvgIpc) is 2.78. The van der Waals surface area contributed by atoms with Gasteiger partial charge in [-0.15, -0.1) is 11.3 Å². The highest BCUT2D eigenvalue weighted by Gasteiger charge is 2.19. The van der Waals surface area contributed by atoms with E-state index in [0.717, 1.165) is 18.5 Å². The van der Waals surface area contributed by atoms with Crippen LogP contribution in [-0.2, 0) is 0 Å². The van der Waals surface area contributed by atoms with Crippen LogP contribution in [0.5, 0.6) is 0 Å². The van der Waals surface area contributed by atoms with Crippen LogP contribution in [0.2, 0.25) is 5.02 Å². The number of thiophene rings is 1. The molecule has 0 amide bonds. The Morgan fingerprint density at radius 1 is 1.32 bits per heavy atom. The minimum absolute atomic E-state index is 0.108. The topological polar surface area (TPSA) is 12.0 Å². The molecule has 0 aliphatic carbocycles. The van der Waals surface area contributed by atoms with Gasteiger partial charge in [0.05, 0.1) is 6.04 Å². The van der Waals surface area contributed by atoms with Gasteiger partial charge in [-0.25, -0.2) is 4.39 Å². The molecule has 1 heterocycles. The van der Waals surface area contributed by atoms with Crippen molar-refractivity contribution in [1.29, 1.82) is 0 Å². The fourth-order valence-corrected chi connectivity index (χ4v) is 3.01. The van der Waals surface area contributed by atoms with E-state index in [4.69, 9.17) is 11.6 Å². The summed E-state index contributed by atoms with van der Waals surface area (Å²) < 4.78 is 14.1. The Labute approximate surface area is 122 Å². The van der Waals surface area contributed by atoms with Crippen molar-refractivity contribution in [3.05, 3.63) is 56.5 Å². The van der Waals surface area contributed by atoms with Gasteiger partial charge in [-0.3, -0.25) is 0 Å². The molecule has 2 aromatic rings. The molecule has 1 N–H and O–H groups in total. The van der Waals surface area contributed by atoms with Gasteiger partial charge in [0.25, 0.3) is 0 Å². The zero-order valence-corrected chi connectivity index (χ0v) is 12.6. The Kier molecular flexibility index (Phi) is 4.97. The second-order valence-electron chi connectivity index (χ2n) is 4.49. The first-order valence-electron chi connectivity index (χ1n) is 6.35. The molecule has 0 spiro atoms. The number of aryl methyl sites for hydroxylation is 1. The SMILES string of the molecule is CCCNC(c1ccc(Cl)cc1F)c1ccsc1C. The molecule has 102 valence electrons. The summed E-state index contributed by atoms with van der Waals surface area (Å²) in [4.78, 5) is 1.21. The normalized spacial score (nSPS) is 12.6. The van der Waals surface area contributed by atoms with Crippen LogP contribution in [0.3, 0.4) is 0 Å². The Bertz CT molecular complexity index is 553. The molecule has 2 rings (SSSR count). The van der Waals surface area contributed by atoms with E-state index in [1.165, 1.54) is 10.9 Å². The smallest absolute Gasteiger partial charge is 0.129 e. The van der Waals surface area contributed by atoms with E-state index in [2.05, 4.69) is 25.2 Å². The fraction of sp³-hybridized carbons (Fsp3) is 0.333. The quantitative estimate of drug-likeness (QED) is 0.824. The lowest BCUT2D eigenvalue weighted by Crippen LogP contribution is -2.24. The highest BCUT2D eigenvalue weighted by Crippen LogP contribution is 2.30. The maximum absolute atomic E-state index is 14.1. The van der Waals surface area contributed by atoms with Gasteiger partial charge in [0.15, 0.2) is 0 Å². The van der Waals surface area contributed by atoms with Gasteiger partial charge >= 0.3 is 0 Å². The molecule has 1 aromatic heterocycles. The predicted octanol–water partition coefficient (Wildman–Crippen LogP) is 4.94. The first kappa shape index (κ1) is 14.5. The van der Waals surface area contributed by atoms with E-state index in [1.54, 1.807) is 23.5 Å². The molecule has 0 aliphatic rings. The monoisotopic (exact) mass is 297 g/mol. The minimum Gasteiger partial charge on any atom is -0.306 e. The Morgan fingerprint density at radius 3 is 2.68 bits per heavy atom. The molecule has 1 unspecified atom stereocenters. The summed E-state index contributed by atoms with van der Waals surface area (Å²) in [5.74, 6) is -0.258. The molecule has 0 radical (unpaired) electrons. The predicted molar refractivity (Wildman–Crippen MR) is 80.6 cm³/mol. The number of hydrogen-bond donors (Lipinski definition) is 1. The lowest BCUT2D eigenvalue weighted by atomic mass is 9.98. The van der Waals surface area contributed by atoms with Crippen LogP contribution in [0.4, 0.5) is 4.39 Å². The minimum atomic E-state index is -0.258. The van der Waals surface area contributed by atoms with Crippen LogP contribution in [-0.4, -0.2) is 6.54 Å². The second-order valence-corrected chi connectivity index (χ2v) is 6.04. The highest BCUT2D eigenvalue weighted by molar-refractivity contribution is 7.10. The van der Waals surface area contributed by atoms with E-state index in [0.29, 0.717) is 10.6 Å². The molecule has 1 aromatic carbocycles. The molecule has 1 atom stereocenters. The van der Waals surface area contributed by atoms with Gasteiger partial charge in [0, 0.05) is 15.5 Å². The zero-order valence-electron chi connectivity index (χ0n) is 11.0. The summed E-state index contributed by atoms with van der Waals surface area (Å²) in [6.07, 6.45) is 1.01. The standard InChI is InChI=1S/C15H17ClFNS/c1-3-7-18-15(12-6-8-19-10(12)2)13-5-4-11(16)9-14(13)17/h4-6,8-9,15,18H,3,7H2,1-2H3. The Morgan fingerprint density at radius 2 is 2.11 bits per heavy atom. The third-order valence-electron chi connectivity index (χ3n) is 3.08. The molecule has 0 aliphatic heterocycles. The van der Waals surface area contributed by atoms with Crippen LogP contribution < -0.4 is 5.32 Å². The molecule has 19 heavy (non-hydrogen) atoms. The van der Waals surface area contributed by atoms with Crippen molar-refractivity contribution < 1.29 is 4.39 Å². The molecule has 1 nitrogen and oxygen atoms in total. The highest BCUT2D eigenvalue weighted by atomic mass is 35.5.